The minimum Gasteiger partial charge on any atom is -0.481 e. The highest BCUT2D eigenvalue weighted by atomic mass is 32.2. The summed E-state index contributed by atoms with van der Waals surface area (Å²) in [6.45, 7) is 3.50. The topological polar surface area (TPSA) is 118 Å². The highest BCUT2D eigenvalue weighted by Crippen LogP contribution is 2.18. The number of morpholine rings is 1. The first-order valence-electron chi connectivity index (χ1n) is 6.38. The van der Waals surface area contributed by atoms with Gasteiger partial charge in [0.05, 0.1) is 19.0 Å². The normalized spacial score (nSPS) is 16.7. The van der Waals surface area contributed by atoms with Gasteiger partial charge in [0.25, 0.3) is 0 Å². The van der Waals surface area contributed by atoms with E-state index >= 15 is 0 Å². The van der Waals surface area contributed by atoms with Crippen LogP contribution in [0.4, 0.5) is 0 Å². The molecule has 10 heteroatoms. The van der Waals surface area contributed by atoms with Gasteiger partial charge >= 0.3 is 11.7 Å². The Morgan fingerprint density at radius 1 is 1.48 bits per heavy atom. The van der Waals surface area contributed by atoms with Crippen LogP contribution in [0.5, 0.6) is 0 Å². The first-order chi connectivity index (χ1) is 10.0. The van der Waals surface area contributed by atoms with E-state index in [0.29, 0.717) is 26.3 Å². The molecule has 0 saturated carbocycles. The fourth-order valence-electron chi connectivity index (χ4n) is 2.02. The van der Waals surface area contributed by atoms with Crippen molar-refractivity contribution in [2.45, 2.75) is 18.1 Å². The number of hydrogen-bond donors (Lipinski definition) is 2. The summed E-state index contributed by atoms with van der Waals surface area (Å²) in [6.07, 6.45) is 0. The van der Waals surface area contributed by atoms with Crippen LogP contribution >= 0.6 is 11.8 Å². The van der Waals surface area contributed by atoms with Crippen molar-refractivity contribution in [3.05, 3.63) is 10.5 Å². The van der Waals surface area contributed by atoms with E-state index in [1.807, 2.05) is 0 Å². The summed E-state index contributed by atoms with van der Waals surface area (Å²) in [5.41, 5.74) is -0.531. The van der Waals surface area contributed by atoms with E-state index in [2.05, 4.69) is 10.2 Å². The lowest BCUT2D eigenvalue weighted by atomic mass is 10.2. The van der Waals surface area contributed by atoms with E-state index in [1.165, 1.54) is 4.57 Å². The van der Waals surface area contributed by atoms with Gasteiger partial charge in [0.2, 0.25) is 5.91 Å². The third kappa shape index (κ3) is 3.64. The van der Waals surface area contributed by atoms with Gasteiger partial charge in [-0.15, -0.1) is 5.10 Å². The number of amides is 1. The Kier molecular flexibility index (Phi) is 5.02. The van der Waals surface area contributed by atoms with Crippen LogP contribution in [0.25, 0.3) is 0 Å². The van der Waals surface area contributed by atoms with Crippen LogP contribution in [-0.2, 0) is 14.3 Å². The van der Waals surface area contributed by atoms with Crippen molar-refractivity contribution in [1.82, 2.24) is 19.7 Å². The lowest BCUT2D eigenvalue weighted by molar-refractivity contribution is -0.138. The highest BCUT2D eigenvalue weighted by molar-refractivity contribution is 7.99. The first kappa shape index (κ1) is 15.6. The van der Waals surface area contributed by atoms with Gasteiger partial charge in [-0.05, 0) is 6.92 Å². The lowest BCUT2D eigenvalue weighted by Crippen LogP contribution is -2.45. The summed E-state index contributed by atoms with van der Waals surface area (Å²) in [5, 5.41) is 14.9. The molecular formula is C11H16N4O5S. The van der Waals surface area contributed by atoms with Gasteiger partial charge in [0, 0.05) is 13.1 Å². The number of hydrogen-bond acceptors (Lipinski definition) is 6. The third-order valence-corrected chi connectivity index (χ3v) is 4.00. The van der Waals surface area contributed by atoms with E-state index < -0.39 is 17.7 Å². The molecule has 1 atom stereocenters. The van der Waals surface area contributed by atoms with Crippen LogP contribution in [-0.4, -0.2) is 68.7 Å². The lowest BCUT2D eigenvalue weighted by Gasteiger charge is -2.29. The van der Waals surface area contributed by atoms with E-state index in [1.54, 1.807) is 11.8 Å². The number of thioether (sulfide) groups is 1. The summed E-state index contributed by atoms with van der Waals surface area (Å²) in [7, 11) is 0. The molecule has 2 N–H and O–H groups in total. The van der Waals surface area contributed by atoms with Gasteiger partial charge in [-0.25, -0.2) is 9.89 Å². The summed E-state index contributed by atoms with van der Waals surface area (Å²) in [4.78, 5) is 36.4. The van der Waals surface area contributed by atoms with E-state index in [0.717, 1.165) is 11.8 Å². The zero-order chi connectivity index (χ0) is 15.4. The predicted octanol–water partition coefficient (Wildman–Crippen LogP) is -0.832. The summed E-state index contributed by atoms with van der Waals surface area (Å²) in [5.74, 6) is -1.46. The number of aromatic nitrogens is 3. The molecule has 116 valence electrons. The van der Waals surface area contributed by atoms with Crippen molar-refractivity contribution in [1.29, 1.82) is 0 Å². The van der Waals surface area contributed by atoms with Crippen LogP contribution in [0.3, 0.4) is 0 Å². The Bertz CT molecular complexity index is 577. The molecule has 0 radical (unpaired) electrons. The standard InChI is InChI=1S/C11H16N4O5S/c1-7(9(18)14-2-4-20-5-3-14)15-10(19)12-13-11(15)21-6-8(16)17/h7H,2-6H2,1H3,(H,12,19)(H,16,17). The monoisotopic (exact) mass is 316 g/mol. The Balaban J connectivity index is 2.15. The van der Waals surface area contributed by atoms with Crippen molar-refractivity contribution >= 4 is 23.6 Å². The maximum absolute atomic E-state index is 12.4. The molecule has 1 aliphatic heterocycles. The van der Waals surface area contributed by atoms with Crippen LogP contribution in [0, 0.1) is 0 Å². The van der Waals surface area contributed by atoms with Crippen LogP contribution in [0.1, 0.15) is 13.0 Å². The zero-order valence-electron chi connectivity index (χ0n) is 11.4. The van der Waals surface area contributed by atoms with Crippen molar-refractivity contribution in [3.8, 4) is 0 Å². The third-order valence-electron chi connectivity index (χ3n) is 3.06. The Hall–Kier alpha value is -1.81. The quantitative estimate of drug-likeness (QED) is 0.681. The second-order valence-corrected chi connectivity index (χ2v) is 5.42. The summed E-state index contributed by atoms with van der Waals surface area (Å²) in [6, 6.07) is -0.745. The fourth-order valence-corrected chi connectivity index (χ4v) is 2.76. The van der Waals surface area contributed by atoms with E-state index in [4.69, 9.17) is 9.84 Å². The van der Waals surface area contributed by atoms with Crippen molar-refractivity contribution < 1.29 is 19.4 Å². The maximum Gasteiger partial charge on any atom is 0.344 e. The number of nitrogens with zero attached hydrogens (tertiary/aromatic N) is 3. The second kappa shape index (κ2) is 6.76. The van der Waals surface area contributed by atoms with E-state index in [9.17, 15) is 14.4 Å². The Morgan fingerprint density at radius 3 is 2.76 bits per heavy atom. The summed E-state index contributed by atoms with van der Waals surface area (Å²) >= 11 is 0.894. The first-order valence-corrected chi connectivity index (χ1v) is 7.37. The number of H-pyrrole nitrogens is 1. The molecule has 21 heavy (non-hydrogen) atoms. The number of aliphatic carboxylic acids is 1. The number of carbonyl (C=O) groups is 2. The fraction of sp³-hybridized carbons (Fsp3) is 0.636. The summed E-state index contributed by atoms with van der Waals surface area (Å²) < 4.78 is 6.37. The molecule has 1 aromatic heterocycles. The van der Waals surface area contributed by atoms with Crippen molar-refractivity contribution in [2.24, 2.45) is 0 Å². The molecule has 0 aliphatic carbocycles. The van der Waals surface area contributed by atoms with Crippen molar-refractivity contribution in [3.63, 3.8) is 0 Å². The molecule has 1 aromatic rings. The number of ether oxygens (including phenoxy) is 1. The number of nitrogens with one attached hydrogen (secondary N) is 1. The largest absolute Gasteiger partial charge is 0.481 e. The molecular weight excluding hydrogens is 300 g/mol. The maximum atomic E-state index is 12.4. The highest BCUT2D eigenvalue weighted by Gasteiger charge is 2.27. The molecule has 0 aromatic carbocycles. The number of aromatic amines is 1. The Labute approximate surface area is 124 Å². The smallest absolute Gasteiger partial charge is 0.344 e. The number of carboxylic acids is 1. The minimum atomic E-state index is -1.02. The second-order valence-electron chi connectivity index (χ2n) is 4.48. The van der Waals surface area contributed by atoms with E-state index in [-0.39, 0.29) is 16.8 Å². The molecule has 0 bridgehead atoms. The molecule has 1 aliphatic rings. The van der Waals surface area contributed by atoms with Gasteiger partial charge in [0.1, 0.15) is 6.04 Å². The van der Waals surface area contributed by atoms with Gasteiger partial charge in [-0.2, -0.15) is 0 Å². The van der Waals surface area contributed by atoms with Crippen LogP contribution < -0.4 is 5.69 Å². The molecule has 2 heterocycles. The minimum absolute atomic E-state index is 0.191. The van der Waals surface area contributed by atoms with Gasteiger partial charge < -0.3 is 14.7 Å². The van der Waals surface area contributed by atoms with Crippen molar-refractivity contribution in [2.75, 3.05) is 32.1 Å². The molecule has 0 spiro atoms. The average Bonchev–Trinajstić information content (AvgIpc) is 2.85. The molecule has 1 unspecified atom stereocenters. The van der Waals surface area contributed by atoms with Gasteiger partial charge in [-0.3, -0.25) is 14.2 Å². The molecule has 1 amide bonds. The molecule has 9 nitrogen and oxygen atoms in total. The number of carboxylic acid groups (broad SMARTS) is 1. The van der Waals surface area contributed by atoms with Crippen LogP contribution in [0.2, 0.25) is 0 Å². The molecule has 2 rings (SSSR count). The van der Waals surface area contributed by atoms with Gasteiger partial charge in [-0.1, -0.05) is 11.8 Å². The number of rotatable bonds is 5. The van der Waals surface area contributed by atoms with Crippen LogP contribution in [0.15, 0.2) is 9.95 Å². The average molecular weight is 316 g/mol. The molecule has 1 saturated heterocycles. The number of carbonyl (C=O) groups excluding carboxylic acids is 1. The zero-order valence-corrected chi connectivity index (χ0v) is 12.3. The predicted molar refractivity (Wildman–Crippen MR) is 73.3 cm³/mol. The Morgan fingerprint density at radius 2 is 2.14 bits per heavy atom. The molecule has 1 fully saturated rings. The van der Waals surface area contributed by atoms with Gasteiger partial charge in [0.15, 0.2) is 5.16 Å². The SMILES string of the molecule is CC(C(=O)N1CCOCC1)n1c(SCC(=O)O)n[nH]c1=O.